The van der Waals surface area contributed by atoms with Gasteiger partial charge in [-0.3, -0.25) is 4.79 Å². The molecule has 1 aliphatic rings. The minimum atomic E-state index is -0.461. The topological polar surface area (TPSA) is 81.9 Å². The minimum absolute atomic E-state index is 0.156. The van der Waals surface area contributed by atoms with Crippen LogP contribution in [0.5, 0.6) is 5.75 Å². The van der Waals surface area contributed by atoms with Gasteiger partial charge in [0.15, 0.2) is 0 Å². The van der Waals surface area contributed by atoms with E-state index in [0.717, 1.165) is 51.5 Å². The Kier molecular flexibility index (Phi) is 5.17. The summed E-state index contributed by atoms with van der Waals surface area (Å²) in [6, 6.07) is 7.23. The Morgan fingerprint density at radius 3 is 2.72 bits per heavy atom. The van der Waals surface area contributed by atoms with Crippen molar-refractivity contribution in [3.05, 3.63) is 70.0 Å². The first-order chi connectivity index (χ1) is 15.5. The standard InChI is InChI=1S/C24H25N5O2S/c1-13-18-14(2)26-21(15-9-10-15)28-24(18)32-20(13)23(30)27-19(22-25-11-12-29(22)3)16-7-5-6-8-17(16)31-4/h5-8,11-12,15,19H,9-10H2,1-4H3,(H,27,30). The lowest BCUT2D eigenvalue weighted by molar-refractivity contribution is 0.0944. The number of para-hydroxylation sites is 1. The maximum Gasteiger partial charge on any atom is 0.262 e. The third kappa shape index (κ3) is 3.54. The molecule has 1 aromatic carbocycles. The first kappa shape index (κ1) is 20.6. The molecule has 0 spiro atoms. The molecule has 0 aliphatic heterocycles. The molecular formula is C24H25N5O2S. The Hall–Kier alpha value is -3.26. The number of thiophene rings is 1. The number of nitrogens with one attached hydrogen (secondary N) is 1. The molecule has 7 nitrogen and oxygen atoms in total. The van der Waals surface area contributed by atoms with Gasteiger partial charge in [-0.1, -0.05) is 18.2 Å². The average Bonchev–Trinajstić information content (AvgIpc) is 3.47. The first-order valence-corrected chi connectivity index (χ1v) is 11.5. The molecule has 1 aliphatic carbocycles. The van der Waals surface area contributed by atoms with Crippen molar-refractivity contribution in [3.63, 3.8) is 0 Å². The van der Waals surface area contributed by atoms with Crippen molar-refractivity contribution in [2.24, 2.45) is 7.05 Å². The predicted molar refractivity (Wildman–Crippen MR) is 124 cm³/mol. The van der Waals surface area contributed by atoms with E-state index in [1.54, 1.807) is 13.3 Å². The molecule has 1 N–H and O–H groups in total. The molecule has 1 amide bonds. The lowest BCUT2D eigenvalue weighted by Crippen LogP contribution is -2.31. The van der Waals surface area contributed by atoms with E-state index in [1.165, 1.54) is 11.3 Å². The van der Waals surface area contributed by atoms with Gasteiger partial charge in [-0.2, -0.15) is 0 Å². The van der Waals surface area contributed by atoms with Crippen molar-refractivity contribution >= 4 is 27.5 Å². The highest BCUT2D eigenvalue weighted by atomic mass is 32.1. The second-order valence-electron chi connectivity index (χ2n) is 8.22. The summed E-state index contributed by atoms with van der Waals surface area (Å²) < 4.78 is 7.49. The number of hydrogen-bond donors (Lipinski definition) is 1. The number of carbonyl (C=O) groups excluding carboxylic acids is 1. The smallest absolute Gasteiger partial charge is 0.262 e. The number of methoxy groups -OCH3 is 1. The number of fused-ring (bicyclic) bond motifs is 1. The summed E-state index contributed by atoms with van der Waals surface area (Å²) in [6.07, 6.45) is 5.89. The Bertz CT molecular complexity index is 1320. The van der Waals surface area contributed by atoms with Crippen LogP contribution in [0, 0.1) is 13.8 Å². The van der Waals surface area contributed by atoms with E-state index in [9.17, 15) is 4.79 Å². The van der Waals surface area contributed by atoms with Gasteiger partial charge in [0.2, 0.25) is 0 Å². The molecule has 164 valence electrons. The van der Waals surface area contributed by atoms with Crippen LogP contribution in [0.25, 0.3) is 10.2 Å². The van der Waals surface area contributed by atoms with Gasteiger partial charge in [0.25, 0.3) is 5.91 Å². The number of carbonyl (C=O) groups is 1. The fourth-order valence-corrected chi connectivity index (χ4v) is 5.28. The predicted octanol–water partition coefficient (Wildman–Crippen LogP) is 4.45. The van der Waals surface area contributed by atoms with E-state index in [2.05, 4.69) is 10.3 Å². The van der Waals surface area contributed by atoms with Gasteiger partial charge in [-0.05, 0) is 38.3 Å². The first-order valence-electron chi connectivity index (χ1n) is 10.7. The number of rotatable bonds is 6. The van der Waals surface area contributed by atoms with Crippen molar-refractivity contribution in [2.75, 3.05) is 7.11 Å². The maximum atomic E-state index is 13.5. The highest BCUT2D eigenvalue weighted by Gasteiger charge is 2.30. The van der Waals surface area contributed by atoms with Crippen LogP contribution in [0.2, 0.25) is 0 Å². The molecule has 1 saturated carbocycles. The van der Waals surface area contributed by atoms with Gasteiger partial charge in [0, 0.05) is 36.3 Å². The fraction of sp³-hybridized carbons (Fsp3) is 0.333. The summed E-state index contributed by atoms with van der Waals surface area (Å²) in [7, 11) is 3.55. The van der Waals surface area contributed by atoms with Crippen molar-refractivity contribution in [1.29, 1.82) is 0 Å². The van der Waals surface area contributed by atoms with E-state index in [1.807, 2.05) is 55.9 Å². The van der Waals surface area contributed by atoms with E-state index >= 15 is 0 Å². The van der Waals surface area contributed by atoms with Crippen LogP contribution in [0.1, 0.15) is 62.9 Å². The van der Waals surface area contributed by atoms with E-state index < -0.39 is 6.04 Å². The summed E-state index contributed by atoms with van der Waals surface area (Å²) in [4.78, 5) is 29.1. The molecule has 1 unspecified atom stereocenters. The maximum absolute atomic E-state index is 13.5. The van der Waals surface area contributed by atoms with Gasteiger partial charge in [-0.25, -0.2) is 15.0 Å². The second-order valence-corrected chi connectivity index (χ2v) is 9.22. The fourth-order valence-electron chi connectivity index (χ4n) is 4.14. The summed E-state index contributed by atoms with van der Waals surface area (Å²) in [5.41, 5.74) is 2.71. The third-order valence-electron chi connectivity index (χ3n) is 5.98. The molecule has 5 rings (SSSR count). The number of hydrogen-bond acceptors (Lipinski definition) is 6. The van der Waals surface area contributed by atoms with E-state index in [4.69, 9.17) is 14.7 Å². The molecule has 32 heavy (non-hydrogen) atoms. The number of amides is 1. The summed E-state index contributed by atoms with van der Waals surface area (Å²) >= 11 is 1.43. The number of benzene rings is 1. The SMILES string of the molecule is COc1ccccc1C(NC(=O)c1sc2nc(C3CC3)nc(C)c2c1C)c1nccn1C. The lowest BCUT2D eigenvalue weighted by Gasteiger charge is -2.21. The number of aryl methyl sites for hydroxylation is 3. The van der Waals surface area contributed by atoms with Crippen LogP contribution in [-0.2, 0) is 7.05 Å². The van der Waals surface area contributed by atoms with Gasteiger partial charge in [-0.15, -0.1) is 11.3 Å². The zero-order valence-corrected chi connectivity index (χ0v) is 19.4. The minimum Gasteiger partial charge on any atom is -0.496 e. The average molecular weight is 448 g/mol. The van der Waals surface area contributed by atoms with E-state index in [0.29, 0.717) is 16.5 Å². The Balaban J connectivity index is 1.55. The molecular weight excluding hydrogens is 422 g/mol. The van der Waals surface area contributed by atoms with Crippen molar-refractivity contribution in [3.8, 4) is 5.75 Å². The zero-order valence-electron chi connectivity index (χ0n) is 18.5. The Morgan fingerprint density at radius 1 is 1.25 bits per heavy atom. The summed E-state index contributed by atoms with van der Waals surface area (Å²) in [6.45, 7) is 3.97. The molecule has 3 aromatic heterocycles. The van der Waals surface area contributed by atoms with E-state index in [-0.39, 0.29) is 5.91 Å². The van der Waals surface area contributed by atoms with Crippen LogP contribution in [0.3, 0.4) is 0 Å². The molecule has 0 saturated heterocycles. The normalized spacial score (nSPS) is 14.5. The van der Waals surface area contributed by atoms with Gasteiger partial charge < -0.3 is 14.6 Å². The molecule has 1 fully saturated rings. The molecule has 0 radical (unpaired) electrons. The second kappa shape index (κ2) is 8.02. The Morgan fingerprint density at radius 2 is 2.03 bits per heavy atom. The largest absolute Gasteiger partial charge is 0.496 e. The monoisotopic (exact) mass is 447 g/mol. The highest BCUT2D eigenvalue weighted by molar-refractivity contribution is 7.20. The van der Waals surface area contributed by atoms with Crippen molar-refractivity contribution < 1.29 is 9.53 Å². The van der Waals surface area contributed by atoms with Crippen LogP contribution >= 0.6 is 11.3 Å². The van der Waals surface area contributed by atoms with Crippen molar-refractivity contribution in [2.45, 2.75) is 38.6 Å². The van der Waals surface area contributed by atoms with Gasteiger partial charge in [0.05, 0.1) is 17.7 Å². The lowest BCUT2D eigenvalue weighted by atomic mass is 10.0. The van der Waals surface area contributed by atoms with Gasteiger partial charge in [0.1, 0.15) is 28.3 Å². The zero-order chi connectivity index (χ0) is 22.4. The van der Waals surface area contributed by atoms with Crippen LogP contribution < -0.4 is 10.1 Å². The highest BCUT2D eigenvalue weighted by Crippen LogP contribution is 2.40. The van der Waals surface area contributed by atoms with Crippen LogP contribution in [0.15, 0.2) is 36.7 Å². The summed E-state index contributed by atoms with van der Waals surface area (Å²) in [5, 5.41) is 4.18. The number of aromatic nitrogens is 4. The van der Waals surface area contributed by atoms with Gasteiger partial charge >= 0.3 is 0 Å². The summed E-state index contributed by atoms with van der Waals surface area (Å²) in [5.74, 6) is 2.65. The van der Waals surface area contributed by atoms with Crippen LogP contribution in [-0.4, -0.2) is 32.5 Å². The third-order valence-corrected chi connectivity index (χ3v) is 7.16. The molecule has 4 aromatic rings. The Labute approximate surface area is 190 Å². The molecule has 8 heteroatoms. The van der Waals surface area contributed by atoms with Crippen molar-refractivity contribution in [1.82, 2.24) is 24.8 Å². The molecule has 1 atom stereocenters. The van der Waals surface area contributed by atoms with Crippen LogP contribution in [0.4, 0.5) is 0 Å². The molecule has 3 heterocycles. The number of ether oxygens (including phenoxy) is 1. The quantitative estimate of drug-likeness (QED) is 0.472. The molecule has 0 bridgehead atoms. The number of imidazole rings is 1. The number of nitrogens with zero attached hydrogens (tertiary/aromatic N) is 4.